The molecule has 4 nitrogen and oxygen atoms in total. The van der Waals surface area contributed by atoms with E-state index in [4.69, 9.17) is 4.42 Å². The average molecular weight is 352 g/mol. The van der Waals surface area contributed by atoms with Gasteiger partial charge in [-0.1, -0.05) is 31.2 Å². The van der Waals surface area contributed by atoms with Crippen LogP contribution in [0.3, 0.4) is 0 Å². The van der Waals surface area contributed by atoms with Gasteiger partial charge in [0, 0.05) is 31.6 Å². The Morgan fingerprint density at radius 2 is 1.92 bits per heavy atom. The van der Waals surface area contributed by atoms with Gasteiger partial charge in [-0.3, -0.25) is 9.69 Å². The molecule has 0 N–H and O–H groups in total. The molecule has 0 saturated carbocycles. The van der Waals surface area contributed by atoms with Crippen molar-refractivity contribution in [1.29, 1.82) is 0 Å². The number of amides is 1. The van der Waals surface area contributed by atoms with Crippen LogP contribution in [0.25, 0.3) is 0 Å². The maximum absolute atomic E-state index is 12.6. The predicted octanol–water partition coefficient (Wildman–Crippen LogP) is 3.97. The van der Waals surface area contributed by atoms with Crippen molar-refractivity contribution in [2.45, 2.75) is 39.2 Å². The topological polar surface area (TPSA) is 36.7 Å². The summed E-state index contributed by atoms with van der Waals surface area (Å²) in [5, 5.41) is 0. The zero-order valence-electron chi connectivity index (χ0n) is 15.6. The monoisotopic (exact) mass is 352 g/mol. The van der Waals surface area contributed by atoms with Crippen LogP contribution in [0.4, 0.5) is 0 Å². The summed E-state index contributed by atoms with van der Waals surface area (Å²) >= 11 is 0. The van der Waals surface area contributed by atoms with Gasteiger partial charge >= 0.3 is 0 Å². The fraction of sp³-hybridized carbons (Fsp3) is 0.500. The molecule has 2 fully saturated rings. The summed E-state index contributed by atoms with van der Waals surface area (Å²) in [4.78, 5) is 17.2. The average Bonchev–Trinajstić information content (AvgIpc) is 3.32. The van der Waals surface area contributed by atoms with E-state index in [2.05, 4.69) is 36.1 Å². The van der Waals surface area contributed by atoms with Crippen molar-refractivity contribution < 1.29 is 9.21 Å². The highest BCUT2D eigenvalue weighted by Crippen LogP contribution is 2.40. The van der Waals surface area contributed by atoms with Gasteiger partial charge in [0.2, 0.25) is 0 Å². The van der Waals surface area contributed by atoms with Crippen LogP contribution in [0.5, 0.6) is 0 Å². The van der Waals surface area contributed by atoms with Gasteiger partial charge in [0.1, 0.15) is 0 Å². The lowest BCUT2D eigenvalue weighted by Crippen LogP contribution is -2.45. The van der Waals surface area contributed by atoms with E-state index in [1.54, 1.807) is 18.4 Å². The van der Waals surface area contributed by atoms with E-state index in [0.29, 0.717) is 5.76 Å². The molecule has 4 heteroatoms. The normalized spacial score (nSPS) is 23.7. The summed E-state index contributed by atoms with van der Waals surface area (Å²) in [6.07, 6.45) is 6.20. The Labute approximate surface area is 155 Å². The first kappa shape index (κ1) is 17.3. The van der Waals surface area contributed by atoms with Crippen molar-refractivity contribution in [3.8, 4) is 0 Å². The van der Waals surface area contributed by atoms with Gasteiger partial charge in [0.25, 0.3) is 5.91 Å². The number of likely N-dealkylation sites (tertiary alicyclic amines) is 2. The first-order chi connectivity index (χ1) is 12.7. The summed E-state index contributed by atoms with van der Waals surface area (Å²) in [6.45, 7) is 7.21. The SMILES string of the molecule is CCc1ccccc1CN1CCC[C@]2(CCN(C(=O)c3ccco3)C2)C1. The number of hydrogen-bond acceptors (Lipinski definition) is 3. The largest absolute Gasteiger partial charge is 0.459 e. The van der Waals surface area contributed by atoms with Crippen LogP contribution in [-0.2, 0) is 13.0 Å². The van der Waals surface area contributed by atoms with Gasteiger partial charge in [-0.15, -0.1) is 0 Å². The van der Waals surface area contributed by atoms with Gasteiger partial charge in [-0.25, -0.2) is 0 Å². The number of hydrogen-bond donors (Lipinski definition) is 0. The van der Waals surface area contributed by atoms with Crippen LogP contribution in [0, 0.1) is 5.41 Å². The minimum absolute atomic E-state index is 0.0420. The molecule has 138 valence electrons. The van der Waals surface area contributed by atoms with E-state index < -0.39 is 0 Å². The van der Waals surface area contributed by atoms with Gasteiger partial charge in [-0.2, -0.15) is 0 Å². The molecule has 1 atom stereocenters. The Bertz CT molecular complexity index is 755. The molecule has 2 aliphatic heterocycles. The summed E-state index contributed by atoms with van der Waals surface area (Å²) in [5.74, 6) is 0.506. The van der Waals surface area contributed by atoms with Crippen molar-refractivity contribution in [2.24, 2.45) is 5.41 Å². The van der Waals surface area contributed by atoms with Crippen LogP contribution in [0.15, 0.2) is 47.1 Å². The van der Waals surface area contributed by atoms with Crippen molar-refractivity contribution in [2.75, 3.05) is 26.2 Å². The van der Waals surface area contributed by atoms with E-state index >= 15 is 0 Å². The van der Waals surface area contributed by atoms with Crippen LogP contribution < -0.4 is 0 Å². The maximum Gasteiger partial charge on any atom is 0.289 e. The number of furan rings is 1. The van der Waals surface area contributed by atoms with Gasteiger partial charge in [-0.05, 0) is 55.5 Å². The number of carbonyl (C=O) groups excluding carboxylic acids is 1. The molecule has 1 amide bonds. The molecule has 4 rings (SSSR count). The van der Waals surface area contributed by atoms with Crippen LogP contribution in [0.1, 0.15) is 47.9 Å². The van der Waals surface area contributed by atoms with Crippen molar-refractivity contribution in [1.82, 2.24) is 9.80 Å². The lowest BCUT2D eigenvalue weighted by molar-refractivity contribution is 0.0651. The molecule has 1 spiro atoms. The highest BCUT2D eigenvalue weighted by Gasteiger charge is 2.43. The number of nitrogens with zero attached hydrogens (tertiary/aromatic N) is 2. The number of piperidine rings is 1. The Morgan fingerprint density at radius 3 is 2.69 bits per heavy atom. The quantitative estimate of drug-likeness (QED) is 0.835. The maximum atomic E-state index is 12.6. The fourth-order valence-corrected chi connectivity index (χ4v) is 4.74. The van der Waals surface area contributed by atoms with Gasteiger partial charge in [0.05, 0.1) is 6.26 Å². The fourth-order valence-electron chi connectivity index (χ4n) is 4.74. The molecule has 26 heavy (non-hydrogen) atoms. The molecule has 0 radical (unpaired) electrons. The van der Waals surface area contributed by atoms with Gasteiger partial charge < -0.3 is 9.32 Å². The second-order valence-electron chi connectivity index (χ2n) is 7.89. The molecule has 0 bridgehead atoms. The molecule has 0 unspecified atom stereocenters. The van der Waals surface area contributed by atoms with Crippen molar-refractivity contribution in [3.63, 3.8) is 0 Å². The molecular formula is C22H28N2O2. The third-order valence-electron chi connectivity index (χ3n) is 6.09. The molecule has 1 aromatic carbocycles. The molecule has 1 aromatic heterocycles. The Kier molecular flexibility index (Phi) is 4.86. The molecule has 2 saturated heterocycles. The van der Waals surface area contributed by atoms with E-state index in [-0.39, 0.29) is 11.3 Å². The number of rotatable bonds is 4. The first-order valence-corrected chi connectivity index (χ1v) is 9.81. The minimum atomic E-state index is 0.0420. The van der Waals surface area contributed by atoms with E-state index in [0.717, 1.165) is 45.6 Å². The summed E-state index contributed by atoms with van der Waals surface area (Å²) < 4.78 is 5.31. The van der Waals surface area contributed by atoms with Crippen LogP contribution >= 0.6 is 0 Å². The highest BCUT2D eigenvalue weighted by atomic mass is 16.3. The van der Waals surface area contributed by atoms with E-state index in [9.17, 15) is 4.79 Å². The third kappa shape index (κ3) is 3.43. The number of carbonyl (C=O) groups is 1. The van der Waals surface area contributed by atoms with E-state index in [1.165, 1.54) is 24.0 Å². The first-order valence-electron chi connectivity index (χ1n) is 9.81. The lowest BCUT2D eigenvalue weighted by Gasteiger charge is -2.40. The van der Waals surface area contributed by atoms with Gasteiger partial charge in [0.15, 0.2) is 5.76 Å². The second kappa shape index (κ2) is 7.28. The standard InChI is InChI=1S/C22H28N2O2/c1-2-18-7-3-4-8-19(18)15-23-12-6-10-22(16-23)11-13-24(17-22)21(25)20-9-5-14-26-20/h3-5,7-9,14H,2,6,10-13,15-17H2,1H3/t22-/m0/s1. The van der Waals surface area contributed by atoms with Crippen molar-refractivity contribution in [3.05, 3.63) is 59.5 Å². The highest BCUT2D eigenvalue weighted by molar-refractivity contribution is 5.91. The second-order valence-corrected chi connectivity index (χ2v) is 7.89. The Hall–Kier alpha value is -2.07. The molecular weight excluding hydrogens is 324 g/mol. The van der Waals surface area contributed by atoms with Crippen molar-refractivity contribution >= 4 is 5.91 Å². The molecule has 3 heterocycles. The summed E-state index contributed by atoms with van der Waals surface area (Å²) in [6, 6.07) is 12.3. The molecule has 0 aliphatic carbocycles. The Balaban J connectivity index is 1.43. The Morgan fingerprint density at radius 1 is 1.08 bits per heavy atom. The third-order valence-corrected chi connectivity index (χ3v) is 6.09. The summed E-state index contributed by atoms with van der Waals surface area (Å²) in [7, 11) is 0. The predicted molar refractivity (Wildman–Crippen MR) is 102 cm³/mol. The lowest BCUT2D eigenvalue weighted by atomic mass is 9.79. The number of benzene rings is 1. The molecule has 2 aliphatic rings. The smallest absolute Gasteiger partial charge is 0.289 e. The zero-order chi connectivity index (χ0) is 18.0. The summed E-state index contributed by atoms with van der Waals surface area (Å²) in [5.41, 5.74) is 3.16. The van der Waals surface area contributed by atoms with Crippen LogP contribution in [0.2, 0.25) is 0 Å². The zero-order valence-corrected chi connectivity index (χ0v) is 15.6. The molecule has 2 aromatic rings. The number of aryl methyl sites for hydroxylation is 1. The van der Waals surface area contributed by atoms with E-state index in [1.807, 2.05) is 4.90 Å². The minimum Gasteiger partial charge on any atom is -0.459 e. The van der Waals surface area contributed by atoms with Crippen LogP contribution in [-0.4, -0.2) is 41.9 Å².